The summed E-state index contributed by atoms with van der Waals surface area (Å²) in [5, 5.41) is 7.61. The Morgan fingerprint density at radius 2 is 1.38 bits per heavy atom. The number of carbonyl (C=O) groups is 4. The number of hydrogen-bond acceptors (Lipinski definition) is 10. The summed E-state index contributed by atoms with van der Waals surface area (Å²) < 4.78 is 9.37. The van der Waals surface area contributed by atoms with Gasteiger partial charge in [-0.05, 0) is 61.7 Å². The first kappa shape index (κ1) is 26.7. The molecule has 3 N–H and O–H groups in total. The van der Waals surface area contributed by atoms with Crippen LogP contribution in [0.25, 0.3) is 0 Å². The molecule has 0 unspecified atom stereocenters. The molecule has 180 valence electrons. The minimum Gasteiger partial charge on any atom is -0.450 e. The zero-order valence-electron chi connectivity index (χ0n) is 18.7. The number of carbonyl (C=O) groups excluding carboxylic acids is 4. The molecule has 2 aromatic carbocycles. The van der Waals surface area contributed by atoms with Gasteiger partial charge >= 0.3 is 12.2 Å². The van der Waals surface area contributed by atoms with Crippen LogP contribution in [0.4, 0.5) is 15.3 Å². The second-order valence-corrected chi connectivity index (χ2v) is 8.45. The standard InChI is InChI=1S/C22H24N4O6S2/c1-4-31-21(29)23-19(27)13-20(28)24-22(30)32-14(2)25-26-15-5-7-17(8-6-15)34-18-11-9-16(33-3)10-12-18/h5-12,26H,4,13H2,1-3H3,(H,23,27,29)(H,24,28,30). The molecule has 0 aromatic heterocycles. The fraction of sp³-hybridized carbons (Fsp3) is 0.227. The van der Waals surface area contributed by atoms with E-state index in [0.29, 0.717) is 5.69 Å². The van der Waals surface area contributed by atoms with Gasteiger partial charge in [-0.1, -0.05) is 11.8 Å². The molecule has 34 heavy (non-hydrogen) atoms. The molecule has 0 aliphatic rings. The minimum atomic E-state index is -1.11. The van der Waals surface area contributed by atoms with Crippen molar-refractivity contribution in [3.63, 3.8) is 0 Å². The molecule has 4 amide bonds. The number of nitrogens with zero attached hydrogens (tertiary/aromatic N) is 1. The summed E-state index contributed by atoms with van der Waals surface area (Å²) >= 11 is 3.32. The summed E-state index contributed by atoms with van der Waals surface area (Å²) in [5.74, 6) is -1.94. The van der Waals surface area contributed by atoms with Gasteiger partial charge < -0.3 is 9.47 Å². The molecule has 0 radical (unpaired) electrons. The van der Waals surface area contributed by atoms with Crippen molar-refractivity contribution < 1.29 is 28.7 Å². The fourth-order valence-corrected chi connectivity index (χ4v) is 3.56. The molecule has 0 heterocycles. The number of anilines is 1. The minimum absolute atomic E-state index is 0.0615. The normalized spacial score (nSPS) is 10.7. The first-order valence-corrected chi connectivity index (χ1v) is 12.0. The highest BCUT2D eigenvalue weighted by atomic mass is 32.2. The summed E-state index contributed by atoms with van der Waals surface area (Å²) in [7, 11) is 0. The van der Waals surface area contributed by atoms with E-state index in [1.165, 1.54) is 11.8 Å². The van der Waals surface area contributed by atoms with Gasteiger partial charge in [0.2, 0.25) is 17.7 Å². The third-order valence-electron chi connectivity index (χ3n) is 3.81. The lowest BCUT2D eigenvalue weighted by molar-refractivity contribution is -0.128. The van der Waals surface area contributed by atoms with E-state index >= 15 is 0 Å². The number of ether oxygens (including phenoxy) is 2. The molecule has 0 atom stereocenters. The summed E-state index contributed by atoms with van der Waals surface area (Å²) in [6.07, 6.45) is -0.815. The van der Waals surface area contributed by atoms with E-state index in [1.54, 1.807) is 30.4 Å². The van der Waals surface area contributed by atoms with Crippen LogP contribution in [-0.4, -0.2) is 42.8 Å². The Balaban J connectivity index is 1.77. The van der Waals surface area contributed by atoms with E-state index in [9.17, 15) is 19.2 Å². The topological polar surface area (TPSA) is 135 Å². The monoisotopic (exact) mass is 504 g/mol. The Kier molecular flexibility index (Phi) is 10.9. The Morgan fingerprint density at radius 3 is 1.94 bits per heavy atom. The third-order valence-corrected chi connectivity index (χ3v) is 5.57. The number of imide groups is 2. The van der Waals surface area contributed by atoms with Gasteiger partial charge in [0.1, 0.15) is 6.42 Å². The van der Waals surface area contributed by atoms with Crippen LogP contribution >= 0.6 is 23.5 Å². The molecule has 12 heteroatoms. The van der Waals surface area contributed by atoms with Crippen LogP contribution in [-0.2, 0) is 19.1 Å². The number of hydrazone groups is 1. The van der Waals surface area contributed by atoms with E-state index < -0.39 is 30.4 Å². The highest BCUT2D eigenvalue weighted by molar-refractivity contribution is 7.99. The molecular weight excluding hydrogens is 480 g/mol. The summed E-state index contributed by atoms with van der Waals surface area (Å²) in [6, 6.07) is 15.8. The maximum absolute atomic E-state index is 11.7. The van der Waals surface area contributed by atoms with Gasteiger partial charge in [0, 0.05) is 21.6 Å². The molecule has 10 nitrogen and oxygen atoms in total. The van der Waals surface area contributed by atoms with Crippen molar-refractivity contribution in [2.45, 2.75) is 35.0 Å². The maximum Gasteiger partial charge on any atom is 0.420 e. The van der Waals surface area contributed by atoms with E-state index in [-0.39, 0.29) is 12.5 Å². The van der Waals surface area contributed by atoms with Gasteiger partial charge in [-0.3, -0.25) is 25.6 Å². The molecule has 0 aliphatic heterocycles. The van der Waals surface area contributed by atoms with E-state index in [4.69, 9.17) is 4.74 Å². The number of benzene rings is 2. The predicted molar refractivity (Wildman–Crippen MR) is 130 cm³/mol. The average Bonchev–Trinajstić information content (AvgIpc) is 2.78. The van der Waals surface area contributed by atoms with Crippen molar-refractivity contribution in [2.75, 3.05) is 18.3 Å². The second kappa shape index (κ2) is 13.9. The van der Waals surface area contributed by atoms with Crippen molar-refractivity contribution >= 4 is 59.1 Å². The van der Waals surface area contributed by atoms with Gasteiger partial charge in [0.25, 0.3) is 0 Å². The van der Waals surface area contributed by atoms with Crippen LogP contribution in [0.3, 0.4) is 0 Å². The molecule has 0 saturated heterocycles. The Hall–Kier alpha value is -3.51. The van der Waals surface area contributed by atoms with Gasteiger partial charge in [-0.25, -0.2) is 9.59 Å². The first-order valence-electron chi connectivity index (χ1n) is 9.99. The quantitative estimate of drug-likeness (QED) is 0.159. The number of amides is 4. The highest BCUT2D eigenvalue weighted by Gasteiger charge is 2.16. The van der Waals surface area contributed by atoms with E-state index in [1.807, 2.05) is 41.2 Å². The van der Waals surface area contributed by atoms with Crippen LogP contribution in [0.5, 0.6) is 0 Å². The molecule has 0 bridgehead atoms. The van der Waals surface area contributed by atoms with Crippen molar-refractivity contribution in [3.05, 3.63) is 48.5 Å². The lowest BCUT2D eigenvalue weighted by Crippen LogP contribution is -2.38. The Bertz CT molecular complexity index is 1040. The van der Waals surface area contributed by atoms with Gasteiger partial charge in [0.05, 0.1) is 12.3 Å². The van der Waals surface area contributed by atoms with Crippen LogP contribution in [0.1, 0.15) is 20.3 Å². The number of thioether (sulfide) groups is 1. The van der Waals surface area contributed by atoms with Crippen molar-refractivity contribution in [3.8, 4) is 0 Å². The Morgan fingerprint density at radius 1 is 0.853 bits per heavy atom. The fourth-order valence-electron chi connectivity index (χ4n) is 2.33. The lowest BCUT2D eigenvalue weighted by atomic mass is 10.3. The maximum atomic E-state index is 11.7. The second-order valence-electron chi connectivity index (χ2n) is 6.43. The van der Waals surface area contributed by atoms with Crippen LogP contribution in [0.2, 0.25) is 0 Å². The number of alkyl carbamates (subject to hydrolysis) is 2. The van der Waals surface area contributed by atoms with Crippen LogP contribution in [0.15, 0.2) is 68.3 Å². The van der Waals surface area contributed by atoms with Gasteiger partial charge in [-0.15, -0.1) is 16.9 Å². The van der Waals surface area contributed by atoms with Gasteiger partial charge in [0.15, 0.2) is 0 Å². The SMILES string of the molecule is CCOC(=O)NC(=O)CC(=O)NC(=O)OC(C)=NNc1ccc(Sc2ccc(SC)cc2)cc1. The predicted octanol–water partition coefficient (Wildman–Crippen LogP) is 4.22. The molecule has 2 aromatic rings. The van der Waals surface area contributed by atoms with Gasteiger partial charge in [-0.2, -0.15) is 0 Å². The molecular formula is C22H24N4O6S2. The van der Waals surface area contributed by atoms with Crippen molar-refractivity contribution in [1.82, 2.24) is 10.6 Å². The number of hydrogen-bond donors (Lipinski definition) is 3. The largest absolute Gasteiger partial charge is 0.450 e. The first-order chi connectivity index (χ1) is 16.3. The zero-order valence-corrected chi connectivity index (χ0v) is 20.4. The lowest BCUT2D eigenvalue weighted by Gasteiger charge is -2.07. The van der Waals surface area contributed by atoms with Crippen LogP contribution in [0, 0.1) is 0 Å². The van der Waals surface area contributed by atoms with E-state index in [2.05, 4.69) is 39.5 Å². The molecule has 0 fully saturated rings. The Labute approximate surface area is 205 Å². The summed E-state index contributed by atoms with van der Waals surface area (Å²) in [5.41, 5.74) is 3.41. The number of rotatable bonds is 8. The number of nitrogens with one attached hydrogen (secondary N) is 3. The van der Waals surface area contributed by atoms with Crippen molar-refractivity contribution in [1.29, 1.82) is 0 Å². The third kappa shape index (κ3) is 9.96. The smallest absolute Gasteiger partial charge is 0.420 e. The zero-order chi connectivity index (χ0) is 24.9. The summed E-state index contributed by atoms with van der Waals surface area (Å²) in [6.45, 7) is 3.04. The van der Waals surface area contributed by atoms with E-state index in [0.717, 1.165) is 9.79 Å². The molecule has 0 spiro atoms. The average molecular weight is 505 g/mol. The molecule has 2 rings (SSSR count). The molecule has 0 saturated carbocycles. The molecule has 0 aliphatic carbocycles. The highest BCUT2D eigenvalue weighted by Crippen LogP contribution is 2.29. The van der Waals surface area contributed by atoms with Crippen LogP contribution < -0.4 is 16.1 Å². The summed E-state index contributed by atoms with van der Waals surface area (Å²) in [4.78, 5) is 49.4. The van der Waals surface area contributed by atoms with Crippen molar-refractivity contribution in [2.24, 2.45) is 5.10 Å².